The molecule has 0 aromatic rings. The molecule has 0 aromatic carbocycles. The Hall–Kier alpha value is -0.680. The number of hydrogen-bond acceptors (Lipinski definition) is 3. The average molecular weight is 284 g/mol. The van der Waals surface area contributed by atoms with Crippen molar-refractivity contribution in [2.45, 2.75) is 51.0 Å². The lowest BCUT2D eigenvalue weighted by Gasteiger charge is -2.34. The van der Waals surface area contributed by atoms with Gasteiger partial charge in [-0.25, -0.2) is 0 Å². The van der Waals surface area contributed by atoms with E-state index in [0.717, 1.165) is 45.1 Å². The summed E-state index contributed by atoms with van der Waals surface area (Å²) in [5, 5.41) is 0. The Morgan fingerprint density at radius 2 is 2.05 bits per heavy atom. The minimum atomic E-state index is -0.585. The Morgan fingerprint density at radius 3 is 2.58 bits per heavy atom. The number of thiocarbonyl (C=S) groups is 1. The van der Waals surface area contributed by atoms with Crippen LogP contribution in [0.3, 0.4) is 0 Å². The van der Waals surface area contributed by atoms with E-state index in [1.165, 1.54) is 6.42 Å². The van der Waals surface area contributed by atoms with Crippen LogP contribution < -0.4 is 5.73 Å². The van der Waals surface area contributed by atoms with Gasteiger partial charge in [-0.3, -0.25) is 4.79 Å². The second kappa shape index (κ2) is 6.18. The summed E-state index contributed by atoms with van der Waals surface area (Å²) in [4.78, 5) is 14.8. The molecular weight excluding hydrogens is 260 g/mol. The van der Waals surface area contributed by atoms with Gasteiger partial charge in [0.2, 0.25) is 5.91 Å². The Kier molecular flexibility index (Phi) is 4.79. The molecule has 1 saturated heterocycles. The van der Waals surface area contributed by atoms with Gasteiger partial charge in [-0.2, -0.15) is 0 Å². The van der Waals surface area contributed by atoms with Crippen LogP contribution in [0.5, 0.6) is 0 Å². The van der Waals surface area contributed by atoms with Crippen LogP contribution in [-0.4, -0.2) is 42.1 Å². The minimum Gasteiger partial charge on any atom is -0.392 e. The maximum absolute atomic E-state index is 12.7. The number of carbonyl (C=O) groups is 1. The van der Waals surface area contributed by atoms with Crippen LogP contribution in [-0.2, 0) is 9.53 Å². The van der Waals surface area contributed by atoms with Crippen LogP contribution in [0.4, 0.5) is 0 Å². The molecule has 4 nitrogen and oxygen atoms in total. The van der Waals surface area contributed by atoms with Crippen LogP contribution in [0, 0.1) is 5.41 Å². The van der Waals surface area contributed by atoms with Crippen molar-refractivity contribution in [3.05, 3.63) is 0 Å². The van der Waals surface area contributed by atoms with Gasteiger partial charge in [0.25, 0.3) is 0 Å². The van der Waals surface area contributed by atoms with Crippen LogP contribution in [0.15, 0.2) is 0 Å². The molecule has 2 N–H and O–H groups in total. The standard InChI is InChI=1S/C14H24N2O2S/c1-16(10-11-6-2-5-9-18-11)13(17)14(12(15)19)7-3-4-8-14/h11H,2-10H2,1H3,(H2,15,19). The van der Waals surface area contributed by atoms with E-state index >= 15 is 0 Å². The van der Waals surface area contributed by atoms with Gasteiger partial charge >= 0.3 is 0 Å². The molecule has 0 aromatic heterocycles. The number of hydrogen-bond donors (Lipinski definition) is 1. The van der Waals surface area contributed by atoms with E-state index < -0.39 is 5.41 Å². The first kappa shape index (κ1) is 14.7. The zero-order valence-corrected chi connectivity index (χ0v) is 12.5. The number of carbonyl (C=O) groups excluding carboxylic acids is 1. The molecular formula is C14H24N2O2S. The summed E-state index contributed by atoms with van der Waals surface area (Å²) in [5.74, 6) is 0.0895. The summed E-state index contributed by atoms with van der Waals surface area (Å²) >= 11 is 5.17. The van der Waals surface area contributed by atoms with Crippen molar-refractivity contribution in [3.8, 4) is 0 Å². The number of nitrogens with zero attached hydrogens (tertiary/aromatic N) is 1. The van der Waals surface area contributed by atoms with Gasteiger partial charge in [0.05, 0.1) is 16.5 Å². The Bertz CT molecular complexity index is 347. The summed E-state index contributed by atoms with van der Waals surface area (Å²) in [6, 6.07) is 0. The van der Waals surface area contributed by atoms with Crippen LogP contribution in [0.1, 0.15) is 44.9 Å². The molecule has 1 heterocycles. The summed E-state index contributed by atoms with van der Waals surface area (Å²) in [5.41, 5.74) is 5.27. The summed E-state index contributed by atoms with van der Waals surface area (Å²) in [7, 11) is 1.85. The first-order valence-electron chi connectivity index (χ1n) is 7.23. The van der Waals surface area contributed by atoms with Gasteiger partial charge in [0.15, 0.2) is 0 Å². The van der Waals surface area contributed by atoms with Crippen molar-refractivity contribution in [3.63, 3.8) is 0 Å². The molecule has 5 heteroatoms. The third-order valence-electron chi connectivity index (χ3n) is 4.44. The second-order valence-corrected chi connectivity index (χ2v) is 6.27. The second-order valence-electron chi connectivity index (χ2n) is 5.83. The molecule has 1 aliphatic heterocycles. The maximum Gasteiger partial charge on any atom is 0.235 e. The summed E-state index contributed by atoms with van der Waals surface area (Å²) in [6.45, 7) is 1.47. The van der Waals surface area contributed by atoms with E-state index in [1.54, 1.807) is 4.90 Å². The van der Waals surface area contributed by atoms with Gasteiger partial charge in [-0.1, -0.05) is 25.1 Å². The third-order valence-corrected chi connectivity index (χ3v) is 4.83. The van der Waals surface area contributed by atoms with Crippen molar-refractivity contribution >= 4 is 23.1 Å². The summed E-state index contributed by atoms with van der Waals surface area (Å²) in [6.07, 6.45) is 7.21. The predicted molar refractivity (Wildman–Crippen MR) is 78.9 cm³/mol. The lowest BCUT2D eigenvalue weighted by Crippen LogP contribution is -2.50. The minimum absolute atomic E-state index is 0.0895. The van der Waals surface area contributed by atoms with Crippen LogP contribution in [0.2, 0.25) is 0 Å². The number of amides is 1. The molecule has 1 saturated carbocycles. The van der Waals surface area contributed by atoms with Crippen molar-refractivity contribution in [2.75, 3.05) is 20.2 Å². The molecule has 108 valence electrons. The summed E-state index contributed by atoms with van der Waals surface area (Å²) < 4.78 is 5.70. The first-order chi connectivity index (χ1) is 9.06. The topological polar surface area (TPSA) is 55.6 Å². The quantitative estimate of drug-likeness (QED) is 0.801. The molecule has 1 aliphatic carbocycles. The fourth-order valence-electron chi connectivity index (χ4n) is 3.25. The highest BCUT2D eigenvalue weighted by molar-refractivity contribution is 7.80. The van der Waals surface area contributed by atoms with E-state index in [-0.39, 0.29) is 12.0 Å². The van der Waals surface area contributed by atoms with E-state index in [4.69, 9.17) is 22.7 Å². The zero-order chi connectivity index (χ0) is 13.9. The largest absolute Gasteiger partial charge is 0.392 e. The molecule has 1 atom stereocenters. The highest BCUT2D eigenvalue weighted by Gasteiger charge is 2.45. The fraction of sp³-hybridized carbons (Fsp3) is 0.857. The highest BCUT2D eigenvalue weighted by atomic mass is 32.1. The molecule has 2 aliphatic rings. The molecule has 1 amide bonds. The van der Waals surface area contributed by atoms with Crippen LogP contribution >= 0.6 is 12.2 Å². The van der Waals surface area contributed by atoms with Gasteiger partial charge < -0.3 is 15.4 Å². The zero-order valence-electron chi connectivity index (χ0n) is 11.7. The van der Waals surface area contributed by atoms with Crippen molar-refractivity contribution in [2.24, 2.45) is 11.1 Å². The number of nitrogens with two attached hydrogens (primary N) is 1. The molecule has 0 radical (unpaired) electrons. The van der Waals surface area contributed by atoms with Crippen LogP contribution in [0.25, 0.3) is 0 Å². The molecule has 19 heavy (non-hydrogen) atoms. The molecule has 2 rings (SSSR count). The Morgan fingerprint density at radius 1 is 1.37 bits per heavy atom. The van der Waals surface area contributed by atoms with Gasteiger partial charge in [-0.05, 0) is 32.1 Å². The van der Waals surface area contributed by atoms with E-state index in [1.807, 2.05) is 7.05 Å². The average Bonchev–Trinajstić information content (AvgIpc) is 2.89. The predicted octanol–water partition coefficient (Wildman–Crippen LogP) is 1.86. The number of likely N-dealkylation sites (N-methyl/N-ethyl adjacent to an activating group) is 1. The smallest absolute Gasteiger partial charge is 0.235 e. The van der Waals surface area contributed by atoms with Gasteiger partial charge in [0, 0.05) is 20.2 Å². The normalized spacial score (nSPS) is 26.1. The van der Waals surface area contributed by atoms with E-state index in [0.29, 0.717) is 11.5 Å². The van der Waals surface area contributed by atoms with Gasteiger partial charge in [0.1, 0.15) is 0 Å². The molecule has 1 unspecified atom stereocenters. The van der Waals surface area contributed by atoms with Gasteiger partial charge in [-0.15, -0.1) is 0 Å². The first-order valence-corrected chi connectivity index (χ1v) is 7.64. The fourth-order valence-corrected chi connectivity index (χ4v) is 3.54. The SMILES string of the molecule is CN(CC1CCCCO1)C(=O)C1(C(N)=S)CCCC1. The molecule has 0 spiro atoms. The number of ether oxygens (including phenoxy) is 1. The lowest BCUT2D eigenvalue weighted by atomic mass is 9.84. The molecule has 2 fully saturated rings. The maximum atomic E-state index is 12.7. The molecule has 0 bridgehead atoms. The van der Waals surface area contributed by atoms with Crippen molar-refractivity contribution in [1.29, 1.82) is 0 Å². The lowest BCUT2D eigenvalue weighted by molar-refractivity contribution is -0.139. The van der Waals surface area contributed by atoms with E-state index in [9.17, 15) is 4.79 Å². The Labute approximate surface area is 120 Å². The monoisotopic (exact) mass is 284 g/mol. The highest BCUT2D eigenvalue weighted by Crippen LogP contribution is 2.40. The third kappa shape index (κ3) is 3.08. The van der Waals surface area contributed by atoms with E-state index in [2.05, 4.69) is 0 Å². The number of rotatable bonds is 4. The van der Waals surface area contributed by atoms with Crippen molar-refractivity contribution in [1.82, 2.24) is 4.90 Å². The van der Waals surface area contributed by atoms with Crippen molar-refractivity contribution < 1.29 is 9.53 Å². The Balaban J connectivity index is 1.98.